The van der Waals surface area contributed by atoms with Crippen LogP contribution in [0.2, 0.25) is 0 Å². The van der Waals surface area contributed by atoms with Crippen LogP contribution in [0.3, 0.4) is 0 Å². The molecule has 0 aliphatic carbocycles. The molecule has 134 valence electrons. The first-order chi connectivity index (χ1) is 12.5. The van der Waals surface area contributed by atoms with Crippen LogP contribution in [0.5, 0.6) is 5.75 Å². The van der Waals surface area contributed by atoms with Gasteiger partial charge in [-0.3, -0.25) is 4.79 Å². The smallest absolute Gasteiger partial charge is 0.251 e. The number of nitrogens with zero attached hydrogens (tertiary/aromatic N) is 2. The molecule has 0 saturated carbocycles. The maximum Gasteiger partial charge on any atom is 0.251 e. The predicted octanol–water partition coefficient (Wildman–Crippen LogP) is 4.19. The fraction of sp³-hybridized carbons (Fsp3) is 0.200. The summed E-state index contributed by atoms with van der Waals surface area (Å²) in [4.78, 5) is 12.5. The minimum absolute atomic E-state index is 0.139. The van der Waals surface area contributed by atoms with Crippen LogP contribution in [0.15, 0.2) is 53.0 Å². The maximum atomic E-state index is 12.5. The Labute approximate surface area is 161 Å². The molecule has 0 aliphatic rings. The Morgan fingerprint density at radius 3 is 2.58 bits per heavy atom. The molecule has 0 saturated heterocycles. The average molecular weight is 414 g/mol. The fourth-order valence-electron chi connectivity index (χ4n) is 2.83. The van der Waals surface area contributed by atoms with Gasteiger partial charge in [0.25, 0.3) is 5.91 Å². The molecule has 3 rings (SSSR count). The predicted molar refractivity (Wildman–Crippen MR) is 105 cm³/mol. The Morgan fingerprint density at radius 2 is 1.92 bits per heavy atom. The highest BCUT2D eigenvalue weighted by atomic mass is 79.9. The lowest BCUT2D eigenvalue weighted by molar-refractivity contribution is 0.0950. The van der Waals surface area contributed by atoms with Crippen LogP contribution in [-0.4, -0.2) is 22.8 Å². The molecule has 0 fully saturated rings. The molecule has 2 aromatic carbocycles. The van der Waals surface area contributed by atoms with Crippen molar-refractivity contribution in [3.8, 4) is 11.4 Å². The number of aromatic nitrogens is 2. The van der Waals surface area contributed by atoms with Crippen LogP contribution in [0.1, 0.15) is 27.3 Å². The van der Waals surface area contributed by atoms with Gasteiger partial charge in [-0.1, -0.05) is 18.2 Å². The van der Waals surface area contributed by atoms with Crippen molar-refractivity contribution in [1.29, 1.82) is 0 Å². The standard InChI is InChI=1S/C20H20BrN3O2/c1-13-17(14(2)24(23-13)16-7-5-4-6-8-16)12-22-20(25)15-9-10-19(26-3)18(21)11-15/h4-11H,12H2,1-3H3,(H,22,25). The zero-order valence-corrected chi connectivity index (χ0v) is 16.5. The van der Waals surface area contributed by atoms with Gasteiger partial charge in [0.2, 0.25) is 0 Å². The fourth-order valence-corrected chi connectivity index (χ4v) is 3.37. The molecule has 0 aliphatic heterocycles. The van der Waals surface area contributed by atoms with E-state index in [0.717, 1.165) is 27.1 Å². The number of amides is 1. The number of hydrogen-bond acceptors (Lipinski definition) is 3. The number of ether oxygens (including phenoxy) is 1. The van der Waals surface area contributed by atoms with Gasteiger partial charge in [-0.2, -0.15) is 5.10 Å². The summed E-state index contributed by atoms with van der Waals surface area (Å²) in [5, 5.41) is 7.58. The van der Waals surface area contributed by atoms with Crippen molar-refractivity contribution in [1.82, 2.24) is 15.1 Å². The largest absolute Gasteiger partial charge is 0.496 e. The van der Waals surface area contributed by atoms with Gasteiger partial charge in [-0.05, 0) is 60.1 Å². The molecule has 3 aromatic rings. The first-order valence-corrected chi connectivity index (χ1v) is 9.03. The monoisotopic (exact) mass is 413 g/mol. The van der Waals surface area contributed by atoms with Gasteiger partial charge in [-0.25, -0.2) is 4.68 Å². The first-order valence-electron chi connectivity index (χ1n) is 8.23. The van der Waals surface area contributed by atoms with Crippen molar-refractivity contribution in [2.24, 2.45) is 0 Å². The normalized spacial score (nSPS) is 10.6. The highest BCUT2D eigenvalue weighted by molar-refractivity contribution is 9.10. The van der Waals surface area contributed by atoms with Crippen molar-refractivity contribution in [3.05, 3.63) is 75.5 Å². The van der Waals surface area contributed by atoms with Gasteiger partial charge in [0.15, 0.2) is 0 Å². The van der Waals surface area contributed by atoms with Crippen molar-refractivity contribution in [3.63, 3.8) is 0 Å². The van der Waals surface area contributed by atoms with Gasteiger partial charge < -0.3 is 10.1 Å². The molecule has 1 aromatic heterocycles. The zero-order chi connectivity index (χ0) is 18.7. The third-order valence-electron chi connectivity index (χ3n) is 4.28. The third-order valence-corrected chi connectivity index (χ3v) is 4.90. The number of carbonyl (C=O) groups is 1. The number of hydrogen-bond donors (Lipinski definition) is 1. The van der Waals surface area contributed by atoms with E-state index in [-0.39, 0.29) is 5.91 Å². The number of nitrogens with one attached hydrogen (secondary N) is 1. The molecule has 5 nitrogen and oxygen atoms in total. The summed E-state index contributed by atoms with van der Waals surface area (Å²) in [7, 11) is 1.59. The van der Waals surface area contributed by atoms with Gasteiger partial charge >= 0.3 is 0 Å². The number of halogens is 1. The molecule has 6 heteroatoms. The number of methoxy groups -OCH3 is 1. The van der Waals surface area contributed by atoms with Gasteiger partial charge in [-0.15, -0.1) is 0 Å². The minimum atomic E-state index is -0.139. The van der Waals surface area contributed by atoms with E-state index in [4.69, 9.17) is 4.74 Å². The molecule has 1 amide bonds. The van der Waals surface area contributed by atoms with Crippen molar-refractivity contribution < 1.29 is 9.53 Å². The Balaban J connectivity index is 1.77. The van der Waals surface area contributed by atoms with Gasteiger partial charge in [0.1, 0.15) is 5.75 Å². The average Bonchev–Trinajstić information content (AvgIpc) is 2.94. The molecule has 1 N–H and O–H groups in total. The topological polar surface area (TPSA) is 56.1 Å². The summed E-state index contributed by atoms with van der Waals surface area (Å²) >= 11 is 3.41. The molecule has 26 heavy (non-hydrogen) atoms. The van der Waals surface area contributed by atoms with Crippen LogP contribution in [0.4, 0.5) is 0 Å². The lowest BCUT2D eigenvalue weighted by atomic mass is 10.1. The number of para-hydroxylation sites is 1. The second-order valence-corrected chi connectivity index (χ2v) is 6.78. The van der Waals surface area contributed by atoms with Crippen molar-refractivity contribution in [2.45, 2.75) is 20.4 Å². The van der Waals surface area contributed by atoms with E-state index >= 15 is 0 Å². The Bertz CT molecular complexity index is 936. The first kappa shape index (κ1) is 18.2. The van der Waals surface area contributed by atoms with Crippen LogP contribution in [0, 0.1) is 13.8 Å². The Kier molecular flexibility index (Phi) is 5.42. The molecule has 0 bridgehead atoms. The molecular formula is C20H20BrN3O2. The highest BCUT2D eigenvalue weighted by Crippen LogP contribution is 2.25. The van der Waals surface area contributed by atoms with E-state index in [1.165, 1.54) is 0 Å². The van der Waals surface area contributed by atoms with E-state index in [0.29, 0.717) is 17.9 Å². The van der Waals surface area contributed by atoms with Gasteiger partial charge in [0.05, 0.1) is 23.0 Å². The van der Waals surface area contributed by atoms with E-state index in [2.05, 4.69) is 26.3 Å². The maximum absolute atomic E-state index is 12.5. The highest BCUT2D eigenvalue weighted by Gasteiger charge is 2.15. The van der Waals surface area contributed by atoms with E-state index < -0.39 is 0 Å². The number of carbonyl (C=O) groups excluding carboxylic acids is 1. The summed E-state index contributed by atoms with van der Waals surface area (Å²) in [6.07, 6.45) is 0. The zero-order valence-electron chi connectivity index (χ0n) is 14.9. The van der Waals surface area contributed by atoms with E-state index in [9.17, 15) is 4.79 Å². The van der Waals surface area contributed by atoms with Crippen LogP contribution < -0.4 is 10.1 Å². The van der Waals surface area contributed by atoms with Crippen molar-refractivity contribution in [2.75, 3.05) is 7.11 Å². The second kappa shape index (κ2) is 7.74. The molecule has 0 atom stereocenters. The SMILES string of the molecule is COc1ccc(C(=O)NCc2c(C)nn(-c3ccccc3)c2C)cc1Br. The molecule has 0 unspecified atom stereocenters. The number of aryl methyl sites for hydroxylation is 1. The molecular weight excluding hydrogens is 394 g/mol. The summed E-state index contributed by atoms with van der Waals surface area (Å²) < 4.78 is 7.85. The summed E-state index contributed by atoms with van der Waals surface area (Å²) in [5.41, 5.74) is 4.52. The number of rotatable bonds is 5. The van der Waals surface area contributed by atoms with Crippen LogP contribution in [-0.2, 0) is 6.54 Å². The minimum Gasteiger partial charge on any atom is -0.496 e. The summed E-state index contributed by atoms with van der Waals surface area (Å²) in [6.45, 7) is 4.39. The third kappa shape index (κ3) is 3.65. The Morgan fingerprint density at radius 1 is 1.19 bits per heavy atom. The lowest BCUT2D eigenvalue weighted by Crippen LogP contribution is -2.23. The Hall–Kier alpha value is -2.60. The summed E-state index contributed by atoms with van der Waals surface area (Å²) in [6, 6.07) is 15.2. The van der Waals surface area contributed by atoms with Crippen molar-refractivity contribution >= 4 is 21.8 Å². The summed E-state index contributed by atoms with van der Waals surface area (Å²) in [5.74, 6) is 0.553. The van der Waals surface area contributed by atoms with Crippen LogP contribution in [0.25, 0.3) is 5.69 Å². The molecule has 1 heterocycles. The lowest BCUT2D eigenvalue weighted by Gasteiger charge is -2.09. The van der Waals surface area contributed by atoms with E-state index in [1.54, 1.807) is 25.3 Å². The second-order valence-electron chi connectivity index (χ2n) is 5.93. The number of benzene rings is 2. The quantitative estimate of drug-likeness (QED) is 0.681. The molecule has 0 spiro atoms. The van der Waals surface area contributed by atoms with E-state index in [1.807, 2.05) is 48.9 Å². The van der Waals surface area contributed by atoms with Gasteiger partial charge in [0, 0.05) is 23.4 Å². The van der Waals surface area contributed by atoms with Crippen LogP contribution >= 0.6 is 15.9 Å². The molecule has 0 radical (unpaired) electrons.